The summed E-state index contributed by atoms with van der Waals surface area (Å²) in [6.07, 6.45) is 3.50. The van der Waals surface area contributed by atoms with Crippen molar-refractivity contribution in [1.29, 1.82) is 0 Å². The van der Waals surface area contributed by atoms with Crippen LogP contribution in [0, 0.1) is 0 Å². The highest BCUT2D eigenvalue weighted by Gasteiger charge is 2.22. The molecular weight excluding hydrogens is 378 g/mol. The van der Waals surface area contributed by atoms with Gasteiger partial charge in [-0.05, 0) is 31.9 Å². The predicted molar refractivity (Wildman–Crippen MR) is 110 cm³/mol. The largest absolute Gasteiger partial charge is 0.468 e. The average molecular weight is 402 g/mol. The number of imidazole rings is 1. The number of carbonyl (C=O) groups excluding carboxylic acids is 1. The van der Waals surface area contributed by atoms with Crippen molar-refractivity contribution < 1.29 is 14.3 Å². The third-order valence-electron chi connectivity index (χ3n) is 4.88. The van der Waals surface area contributed by atoms with Crippen molar-refractivity contribution in [2.45, 2.75) is 32.7 Å². The Morgan fingerprint density at radius 3 is 2.68 bits per heavy atom. The van der Waals surface area contributed by atoms with Gasteiger partial charge < -0.3 is 9.47 Å². The van der Waals surface area contributed by atoms with Gasteiger partial charge in [-0.25, -0.2) is 0 Å². The highest BCUT2D eigenvalue weighted by molar-refractivity contribution is 6.34. The minimum atomic E-state index is -0.0329. The Labute approximate surface area is 169 Å². The zero-order valence-corrected chi connectivity index (χ0v) is 17.3. The van der Waals surface area contributed by atoms with E-state index < -0.39 is 0 Å². The van der Waals surface area contributed by atoms with E-state index in [-0.39, 0.29) is 11.8 Å². The number of halogens is 1. The molecule has 1 aromatic carbocycles. The molecule has 3 rings (SSSR count). The number of carbonyl (C=O) groups is 1. The van der Waals surface area contributed by atoms with Crippen molar-refractivity contribution in [1.82, 2.24) is 14.5 Å². The lowest BCUT2D eigenvalue weighted by atomic mass is 10.1. The fourth-order valence-corrected chi connectivity index (χ4v) is 3.66. The van der Waals surface area contributed by atoms with E-state index in [0.717, 1.165) is 23.9 Å². The van der Waals surface area contributed by atoms with Crippen molar-refractivity contribution in [3.63, 3.8) is 0 Å². The van der Waals surface area contributed by atoms with Crippen molar-refractivity contribution in [2.24, 2.45) is 0 Å². The van der Waals surface area contributed by atoms with Gasteiger partial charge in [-0.3, -0.25) is 14.3 Å². The molecule has 2 heterocycles. The van der Waals surface area contributed by atoms with Crippen LogP contribution in [-0.4, -0.2) is 41.1 Å². The number of fused-ring (bicyclic) bond motifs is 1. The van der Waals surface area contributed by atoms with Gasteiger partial charge in [-0.15, -0.1) is 0 Å². The van der Waals surface area contributed by atoms with E-state index in [1.807, 2.05) is 12.1 Å². The first kappa shape index (κ1) is 20.3. The Hall–Kier alpha value is -2.44. The van der Waals surface area contributed by atoms with Gasteiger partial charge in [0.2, 0.25) is 0 Å². The molecule has 1 unspecified atom stereocenters. The molecule has 28 heavy (non-hydrogen) atoms. The monoisotopic (exact) mass is 401 g/mol. The maximum Gasteiger partial charge on any atom is 0.297 e. The number of nitrogens with zero attached hydrogens (tertiary/aromatic N) is 3. The fraction of sp³-hybridized carbons (Fsp3) is 0.381. The standard InChI is InChI=1S/C21H24ClN3O3/c1-5-15(9-11-27-3)25-18-8-10-23-19(20(18)24-21(25)28-4)16-7-6-14(13(2)26)12-17(16)22/h6-8,10,12,15H,5,9,11H2,1-4H3. The molecule has 3 aromatic rings. The maximum atomic E-state index is 11.6. The summed E-state index contributed by atoms with van der Waals surface area (Å²) in [4.78, 5) is 20.8. The molecule has 0 aliphatic rings. The highest BCUT2D eigenvalue weighted by atomic mass is 35.5. The van der Waals surface area contributed by atoms with E-state index in [4.69, 9.17) is 26.1 Å². The number of pyridine rings is 1. The summed E-state index contributed by atoms with van der Waals surface area (Å²) in [5.74, 6) is -0.0329. The second-order valence-electron chi connectivity index (χ2n) is 6.59. The lowest BCUT2D eigenvalue weighted by Crippen LogP contribution is -2.12. The molecule has 0 saturated heterocycles. The number of rotatable bonds is 8. The second kappa shape index (κ2) is 8.71. The van der Waals surface area contributed by atoms with Crippen LogP contribution in [0.4, 0.5) is 0 Å². The number of ether oxygens (including phenoxy) is 2. The topological polar surface area (TPSA) is 66.2 Å². The first-order valence-electron chi connectivity index (χ1n) is 9.22. The molecule has 2 aromatic heterocycles. The van der Waals surface area contributed by atoms with Crippen LogP contribution in [0.1, 0.15) is 43.1 Å². The molecule has 148 valence electrons. The minimum absolute atomic E-state index is 0.0329. The molecule has 0 saturated carbocycles. The first-order chi connectivity index (χ1) is 13.5. The highest BCUT2D eigenvalue weighted by Crippen LogP contribution is 2.36. The molecular formula is C21H24ClN3O3. The van der Waals surface area contributed by atoms with E-state index in [1.54, 1.807) is 32.5 Å². The molecule has 7 heteroatoms. The van der Waals surface area contributed by atoms with Gasteiger partial charge in [0.1, 0.15) is 5.52 Å². The smallest absolute Gasteiger partial charge is 0.297 e. The third-order valence-corrected chi connectivity index (χ3v) is 5.19. The normalized spacial score (nSPS) is 12.3. The van der Waals surface area contributed by atoms with Crippen LogP contribution in [0.3, 0.4) is 0 Å². The van der Waals surface area contributed by atoms with Crippen molar-refractivity contribution in [3.8, 4) is 17.3 Å². The van der Waals surface area contributed by atoms with Crippen molar-refractivity contribution in [2.75, 3.05) is 20.8 Å². The second-order valence-corrected chi connectivity index (χ2v) is 7.00. The van der Waals surface area contributed by atoms with Gasteiger partial charge in [0.15, 0.2) is 5.78 Å². The van der Waals surface area contributed by atoms with Crippen LogP contribution in [0.2, 0.25) is 5.02 Å². The number of methoxy groups -OCH3 is 2. The Kier molecular flexibility index (Phi) is 6.31. The van der Waals surface area contributed by atoms with E-state index in [0.29, 0.717) is 34.4 Å². The number of benzene rings is 1. The average Bonchev–Trinajstić information content (AvgIpc) is 3.07. The van der Waals surface area contributed by atoms with Crippen LogP contribution < -0.4 is 4.74 Å². The van der Waals surface area contributed by atoms with Gasteiger partial charge in [-0.1, -0.05) is 30.7 Å². The molecule has 0 amide bonds. The van der Waals surface area contributed by atoms with E-state index in [1.165, 1.54) is 6.92 Å². The van der Waals surface area contributed by atoms with Crippen LogP contribution in [0.15, 0.2) is 30.5 Å². The molecule has 0 N–H and O–H groups in total. The van der Waals surface area contributed by atoms with Crippen LogP contribution in [0.25, 0.3) is 22.3 Å². The number of Topliss-reactive ketones (excluding diaryl/α,β-unsaturated/α-hetero) is 1. The summed E-state index contributed by atoms with van der Waals surface area (Å²) in [5, 5.41) is 0.465. The molecule has 0 fully saturated rings. The third kappa shape index (κ3) is 3.75. The first-order valence-corrected chi connectivity index (χ1v) is 9.60. The zero-order chi connectivity index (χ0) is 20.3. The van der Waals surface area contributed by atoms with Crippen LogP contribution in [0.5, 0.6) is 6.01 Å². The quantitative estimate of drug-likeness (QED) is 0.499. The summed E-state index contributed by atoms with van der Waals surface area (Å²) in [6, 6.07) is 7.89. The van der Waals surface area contributed by atoms with Gasteiger partial charge in [0, 0.05) is 37.1 Å². The van der Waals surface area contributed by atoms with Gasteiger partial charge in [0.25, 0.3) is 6.01 Å². The Bertz CT molecular complexity index is 1000. The zero-order valence-electron chi connectivity index (χ0n) is 16.5. The van der Waals surface area contributed by atoms with E-state index in [2.05, 4.69) is 16.5 Å². The SMILES string of the molecule is CCC(CCOC)n1c(OC)nc2c(-c3ccc(C(C)=O)cc3Cl)nccc21. The van der Waals surface area contributed by atoms with Gasteiger partial charge in [0.05, 0.1) is 23.3 Å². The van der Waals surface area contributed by atoms with E-state index >= 15 is 0 Å². The van der Waals surface area contributed by atoms with Crippen LogP contribution >= 0.6 is 11.6 Å². The van der Waals surface area contributed by atoms with Crippen LogP contribution in [-0.2, 0) is 4.74 Å². The lowest BCUT2D eigenvalue weighted by molar-refractivity contribution is 0.101. The predicted octanol–water partition coefficient (Wildman–Crippen LogP) is 4.95. The number of aromatic nitrogens is 3. The molecule has 6 nitrogen and oxygen atoms in total. The molecule has 0 radical (unpaired) electrons. The maximum absolute atomic E-state index is 11.6. The number of hydrogen-bond donors (Lipinski definition) is 0. The minimum Gasteiger partial charge on any atom is -0.468 e. The Morgan fingerprint density at radius 2 is 2.07 bits per heavy atom. The van der Waals surface area contributed by atoms with Gasteiger partial charge in [-0.2, -0.15) is 4.98 Å². The van der Waals surface area contributed by atoms with Crippen molar-refractivity contribution >= 4 is 28.4 Å². The molecule has 1 atom stereocenters. The summed E-state index contributed by atoms with van der Waals surface area (Å²) >= 11 is 6.47. The summed E-state index contributed by atoms with van der Waals surface area (Å²) in [5.41, 5.74) is 3.60. The Morgan fingerprint density at radius 1 is 1.29 bits per heavy atom. The molecule has 0 bridgehead atoms. The van der Waals surface area contributed by atoms with Crippen molar-refractivity contribution in [3.05, 3.63) is 41.0 Å². The fourth-order valence-electron chi connectivity index (χ4n) is 3.39. The summed E-state index contributed by atoms with van der Waals surface area (Å²) < 4.78 is 12.9. The summed E-state index contributed by atoms with van der Waals surface area (Å²) in [6.45, 7) is 4.30. The molecule has 0 aliphatic heterocycles. The summed E-state index contributed by atoms with van der Waals surface area (Å²) in [7, 11) is 3.31. The Balaban J connectivity index is 2.18. The molecule has 0 spiro atoms. The molecule has 0 aliphatic carbocycles. The van der Waals surface area contributed by atoms with E-state index in [9.17, 15) is 4.79 Å². The number of ketones is 1. The number of hydrogen-bond acceptors (Lipinski definition) is 5. The van der Waals surface area contributed by atoms with Gasteiger partial charge >= 0.3 is 0 Å². The lowest BCUT2D eigenvalue weighted by Gasteiger charge is -2.19.